The monoisotopic (exact) mass is 845 g/mol. The molecule has 0 saturated carbocycles. The van der Waals surface area contributed by atoms with Gasteiger partial charge in [0.15, 0.2) is 0 Å². The first kappa shape index (κ1) is 55.6. The highest BCUT2D eigenvalue weighted by atomic mass is 31.2. The number of carbonyl (C=O) groups excluding carboxylic acids is 2. The predicted octanol–water partition coefficient (Wildman–Crippen LogP) is 11.8. The Labute approximate surface area is 356 Å². The number of esters is 2. The molecule has 0 aromatic heterocycles. The van der Waals surface area contributed by atoms with Gasteiger partial charge in [-0.05, 0) is 89.9 Å². The summed E-state index contributed by atoms with van der Waals surface area (Å²) in [7, 11) is -4.67. The van der Waals surface area contributed by atoms with E-state index in [-0.39, 0.29) is 12.8 Å². The molecular weight excluding hydrogens is 767 g/mol. The Morgan fingerprint density at radius 2 is 0.763 bits per heavy atom. The zero-order chi connectivity index (χ0) is 43.3. The summed E-state index contributed by atoms with van der Waals surface area (Å²) in [6.45, 7) is 1.87. The van der Waals surface area contributed by atoms with Crippen LogP contribution >= 0.6 is 7.82 Å². The molecule has 0 aromatic carbocycles. The number of allylic oxidation sites excluding steroid dienone is 18. The summed E-state index contributed by atoms with van der Waals surface area (Å²) in [5, 5.41) is 19.2. The van der Waals surface area contributed by atoms with Gasteiger partial charge in [-0.15, -0.1) is 0 Å². The molecule has 3 unspecified atom stereocenters. The average Bonchev–Trinajstić information content (AvgIpc) is 3.22. The molecule has 11 heteroatoms. The lowest BCUT2D eigenvalue weighted by atomic mass is 10.1. The Balaban J connectivity index is 4.04. The van der Waals surface area contributed by atoms with Gasteiger partial charge in [0.1, 0.15) is 12.2 Å². The number of aliphatic hydroxyl groups excluding tert-OH is 2. The molecule has 0 bridgehead atoms. The molecule has 0 spiro atoms. The minimum Gasteiger partial charge on any atom is -0.457 e. The van der Waals surface area contributed by atoms with Crippen molar-refractivity contribution in [3.63, 3.8) is 0 Å². The Morgan fingerprint density at radius 3 is 1.14 bits per heavy atom. The van der Waals surface area contributed by atoms with E-state index in [1.54, 1.807) is 0 Å². The molecule has 0 aromatic rings. The summed E-state index contributed by atoms with van der Waals surface area (Å²) in [5.41, 5.74) is 0. The molecule has 59 heavy (non-hydrogen) atoms. The van der Waals surface area contributed by atoms with E-state index in [1.807, 2.05) is 12.2 Å². The molecule has 0 rings (SSSR count). The van der Waals surface area contributed by atoms with Crippen LogP contribution in [0.3, 0.4) is 0 Å². The summed E-state index contributed by atoms with van der Waals surface area (Å²) in [6, 6.07) is 0. The van der Waals surface area contributed by atoms with Gasteiger partial charge in [-0.3, -0.25) is 18.6 Å². The molecule has 0 amide bonds. The van der Waals surface area contributed by atoms with Gasteiger partial charge in [-0.1, -0.05) is 149 Å². The molecule has 334 valence electrons. The van der Waals surface area contributed by atoms with Crippen LogP contribution < -0.4 is 0 Å². The van der Waals surface area contributed by atoms with E-state index in [9.17, 15) is 29.3 Å². The van der Waals surface area contributed by atoms with Crippen LogP contribution in [-0.2, 0) is 32.7 Å². The third kappa shape index (κ3) is 41.2. The highest BCUT2D eigenvalue weighted by Gasteiger charge is 2.27. The number of phosphoric ester groups is 1. The lowest BCUT2D eigenvalue weighted by molar-refractivity contribution is -0.153. The number of hydrogen-bond acceptors (Lipinski definition) is 9. The number of rotatable bonds is 39. The molecule has 3 N–H and O–H groups in total. The van der Waals surface area contributed by atoms with Crippen LogP contribution in [0.25, 0.3) is 0 Å². The average molecular weight is 845 g/mol. The number of carbonyl (C=O) groups is 2. The van der Waals surface area contributed by atoms with E-state index in [0.717, 1.165) is 96.3 Å². The van der Waals surface area contributed by atoms with Crippen LogP contribution in [0.15, 0.2) is 109 Å². The maximum absolute atomic E-state index is 12.4. The molecule has 0 heterocycles. The second kappa shape index (κ2) is 42.7. The smallest absolute Gasteiger partial charge is 0.457 e. The molecule has 0 saturated heterocycles. The molecule has 3 atom stereocenters. The van der Waals surface area contributed by atoms with Crippen molar-refractivity contribution in [1.82, 2.24) is 0 Å². The number of phosphoric acid groups is 1. The number of ether oxygens (including phenoxy) is 2. The first-order valence-electron chi connectivity index (χ1n) is 21.8. The van der Waals surface area contributed by atoms with E-state index >= 15 is 0 Å². The normalized spacial score (nSPS) is 14.9. The van der Waals surface area contributed by atoms with Gasteiger partial charge in [0.25, 0.3) is 0 Å². The third-order valence-electron chi connectivity index (χ3n) is 8.48. The lowest BCUT2D eigenvalue weighted by Crippen LogP contribution is -2.28. The van der Waals surface area contributed by atoms with Crippen molar-refractivity contribution in [3.8, 4) is 0 Å². The van der Waals surface area contributed by atoms with Crippen molar-refractivity contribution in [3.05, 3.63) is 109 Å². The molecule has 0 aliphatic rings. The summed E-state index contributed by atoms with van der Waals surface area (Å²) in [4.78, 5) is 34.5. The summed E-state index contributed by atoms with van der Waals surface area (Å²) in [6.07, 6.45) is 53.5. The first-order valence-corrected chi connectivity index (χ1v) is 23.3. The maximum Gasteiger partial charge on any atom is 0.472 e. The van der Waals surface area contributed by atoms with E-state index in [4.69, 9.17) is 18.5 Å². The predicted molar refractivity (Wildman–Crippen MR) is 242 cm³/mol. The number of aliphatic hydroxyl groups is 2. The van der Waals surface area contributed by atoms with Crippen LogP contribution in [0.2, 0.25) is 0 Å². The first-order chi connectivity index (χ1) is 28.8. The van der Waals surface area contributed by atoms with Crippen LogP contribution in [0.5, 0.6) is 0 Å². The zero-order valence-electron chi connectivity index (χ0n) is 36.2. The highest BCUT2D eigenvalue weighted by molar-refractivity contribution is 7.47. The Hall–Kier alpha value is -3.37. The van der Waals surface area contributed by atoms with E-state index in [2.05, 4.69) is 111 Å². The Bertz CT molecular complexity index is 1340. The second-order valence-electron chi connectivity index (χ2n) is 13.9. The number of hydrogen-bond donors (Lipinski definition) is 3. The van der Waals surface area contributed by atoms with Crippen LogP contribution in [0, 0.1) is 0 Å². The summed E-state index contributed by atoms with van der Waals surface area (Å²) in [5.74, 6) is -1.10. The van der Waals surface area contributed by atoms with Crippen molar-refractivity contribution in [2.75, 3.05) is 26.4 Å². The van der Waals surface area contributed by atoms with Crippen molar-refractivity contribution in [1.29, 1.82) is 0 Å². The maximum atomic E-state index is 12.4. The Morgan fingerprint density at radius 1 is 0.458 bits per heavy atom. The largest absolute Gasteiger partial charge is 0.472 e. The minimum absolute atomic E-state index is 0.106. The van der Waals surface area contributed by atoms with Crippen LogP contribution in [-0.4, -0.2) is 65.7 Å². The van der Waals surface area contributed by atoms with Gasteiger partial charge in [0.05, 0.1) is 26.4 Å². The topological polar surface area (TPSA) is 149 Å². The standard InChI is InChI=1S/C48H77O10P/c1-3-5-7-9-11-13-15-17-19-21-22-24-26-28-30-32-34-36-38-40-48(52)58-46(42-50)44-56-59(53,54)55-43-45(41-49)57-47(51)39-37-35-33-31-29-27-25-23-20-18-16-14-12-10-8-6-4-2/h5-8,11-14,17-20,22,24-25,27,31,33,45-46,49-50H,3-4,9-10,15-16,21,23,26,28-30,32,34-44H2,1-2H3,(H,53,54)/b7-5-,8-6-,13-11-,14-12-,19-17-,20-18-,24-22-,27-25-,33-31-. The van der Waals surface area contributed by atoms with Gasteiger partial charge in [0.2, 0.25) is 0 Å². The molecule has 10 nitrogen and oxygen atoms in total. The molecule has 0 aliphatic carbocycles. The fraction of sp³-hybridized carbons (Fsp3) is 0.583. The fourth-order valence-corrected chi connectivity index (χ4v) is 5.98. The third-order valence-corrected chi connectivity index (χ3v) is 9.43. The van der Waals surface area contributed by atoms with Gasteiger partial charge in [-0.25, -0.2) is 4.57 Å². The summed E-state index contributed by atoms with van der Waals surface area (Å²) < 4.78 is 32.5. The fourth-order valence-electron chi connectivity index (χ4n) is 5.20. The highest BCUT2D eigenvalue weighted by Crippen LogP contribution is 2.43. The van der Waals surface area contributed by atoms with Gasteiger partial charge >= 0.3 is 19.8 Å². The quantitative estimate of drug-likeness (QED) is 0.0236. The van der Waals surface area contributed by atoms with Gasteiger partial charge in [0, 0.05) is 12.8 Å². The zero-order valence-corrected chi connectivity index (χ0v) is 37.1. The van der Waals surface area contributed by atoms with Crippen LogP contribution in [0.4, 0.5) is 0 Å². The Kier molecular flexibility index (Phi) is 40.3. The summed E-state index contributed by atoms with van der Waals surface area (Å²) >= 11 is 0. The van der Waals surface area contributed by atoms with Crippen LogP contribution in [0.1, 0.15) is 142 Å². The lowest BCUT2D eigenvalue weighted by Gasteiger charge is -2.20. The minimum atomic E-state index is -4.67. The van der Waals surface area contributed by atoms with Crippen molar-refractivity contribution in [2.45, 2.75) is 154 Å². The van der Waals surface area contributed by atoms with Crippen molar-refractivity contribution < 1.29 is 47.8 Å². The molecule has 0 radical (unpaired) electrons. The van der Waals surface area contributed by atoms with Gasteiger partial charge < -0.3 is 24.6 Å². The molecule has 0 aliphatic heterocycles. The SMILES string of the molecule is CC/C=C\C/C=C\C/C=C\C/C=C\C/C=C\CCCC(=O)OC(CO)COP(=O)(O)OCC(CO)OC(=O)CCCCCCCC/C=C\C/C=C\C/C=C\C/C=C\CC. The van der Waals surface area contributed by atoms with Crippen molar-refractivity contribution >= 4 is 19.8 Å². The second-order valence-corrected chi connectivity index (χ2v) is 15.4. The molecular formula is C48H77O10P. The molecule has 0 fully saturated rings. The van der Waals surface area contributed by atoms with E-state index in [0.29, 0.717) is 19.3 Å². The van der Waals surface area contributed by atoms with E-state index < -0.39 is 58.4 Å². The van der Waals surface area contributed by atoms with Crippen molar-refractivity contribution in [2.24, 2.45) is 0 Å². The van der Waals surface area contributed by atoms with Gasteiger partial charge in [-0.2, -0.15) is 0 Å². The number of unbranched alkanes of at least 4 members (excludes halogenated alkanes) is 7. The van der Waals surface area contributed by atoms with E-state index in [1.165, 1.54) is 0 Å².